The summed E-state index contributed by atoms with van der Waals surface area (Å²) in [4.78, 5) is 16.0. The quantitative estimate of drug-likeness (QED) is 0.828. The molecule has 0 spiro atoms. The van der Waals surface area contributed by atoms with E-state index in [0.717, 1.165) is 15.4 Å². The molecule has 5 heteroatoms. The maximum absolute atomic E-state index is 11.5. The number of hydrogen-bond donors (Lipinski definition) is 2. The lowest BCUT2D eigenvalue weighted by Gasteiger charge is -2.33. The molecule has 1 aromatic heterocycles. The lowest BCUT2D eigenvalue weighted by molar-refractivity contribution is 0.196. The Hall–Kier alpha value is -1.49. The summed E-state index contributed by atoms with van der Waals surface area (Å²) in [7, 11) is 0. The van der Waals surface area contributed by atoms with E-state index in [-0.39, 0.29) is 0 Å². The van der Waals surface area contributed by atoms with E-state index in [2.05, 4.69) is 20.9 Å². The SMILES string of the molecule is CC(C)(C)N(C(=O)O)c1ccc(Br)c2[nH]ccc12. The highest BCUT2D eigenvalue weighted by Gasteiger charge is 2.29. The van der Waals surface area contributed by atoms with Crippen molar-refractivity contribution in [2.24, 2.45) is 0 Å². The van der Waals surface area contributed by atoms with Crippen molar-refractivity contribution in [2.45, 2.75) is 26.3 Å². The van der Waals surface area contributed by atoms with Crippen molar-refractivity contribution in [2.75, 3.05) is 4.90 Å². The third kappa shape index (κ3) is 2.10. The van der Waals surface area contributed by atoms with Crippen molar-refractivity contribution < 1.29 is 9.90 Å². The number of aromatic amines is 1. The molecule has 1 aromatic carbocycles. The molecule has 0 saturated carbocycles. The number of halogens is 1. The predicted molar refractivity (Wildman–Crippen MR) is 76.3 cm³/mol. The molecular formula is C13H15BrN2O2. The molecule has 1 amide bonds. The van der Waals surface area contributed by atoms with Crippen molar-refractivity contribution in [3.8, 4) is 0 Å². The molecule has 0 bridgehead atoms. The van der Waals surface area contributed by atoms with E-state index in [4.69, 9.17) is 0 Å². The van der Waals surface area contributed by atoms with Crippen LogP contribution in [-0.2, 0) is 0 Å². The maximum Gasteiger partial charge on any atom is 0.412 e. The zero-order valence-electron chi connectivity index (χ0n) is 10.5. The van der Waals surface area contributed by atoms with Crippen LogP contribution in [0, 0.1) is 0 Å². The molecule has 2 N–H and O–H groups in total. The van der Waals surface area contributed by atoms with Crippen molar-refractivity contribution in [1.29, 1.82) is 0 Å². The van der Waals surface area contributed by atoms with Crippen LogP contribution in [0.15, 0.2) is 28.9 Å². The molecule has 96 valence electrons. The Labute approximate surface area is 114 Å². The summed E-state index contributed by atoms with van der Waals surface area (Å²) in [6.07, 6.45) is 0.856. The molecule has 0 atom stereocenters. The van der Waals surface area contributed by atoms with Crippen molar-refractivity contribution in [3.05, 3.63) is 28.9 Å². The highest BCUT2D eigenvalue weighted by atomic mass is 79.9. The number of amides is 1. The first-order valence-corrected chi connectivity index (χ1v) is 6.40. The normalized spacial score (nSPS) is 11.8. The van der Waals surface area contributed by atoms with Gasteiger partial charge in [0.25, 0.3) is 0 Å². The van der Waals surface area contributed by atoms with Gasteiger partial charge in [0, 0.05) is 21.6 Å². The first-order chi connectivity index (χ1) is 8.32. The molecule has 2 aromatic rings. The minimum absolute atomic E-state index is 0.496. The van der Waals surface area contributed by atoms with Gasteiger partial charge in [-0.3, -0.25) is 4.90 Å². The monoisotopic (exact) mass is 310 g/mol. The minimum Gasteiger partial charge on any atom is -0.465 e. The molecule has 0 saturated heterocycles. The van der Waals surface area contributed by atoms with E-state index in [1.54, 1.807) is 0 Å². The lowest BCUT2D eigenvalue weighted by Crippen LogP contribution is -2.45. The second-order valence-corrected chi connectivity index (χ2v) is 5.98. The average Bonchev–Trinajstić information content (AvgIpc) is 2.69. The number of nitrogens with zero attached hydrogens (tertiary/aromatic N) is 1. The largest absolute Gasteiger partial charge is 0.465 e. The van der Waals surface area contributed by atoms with E-state index in [9.17, 15) is 9.90 Å². The van der Waals surface area contributed by atoms with Crippen LogP contribution in [0.5, 0.6) is 0 Å². The number of carboxylic acid groups (broad SMARTS) is 1. The molecule has 4 nitrogen and oxygen atoms in total. The van der Waals surface area contributed by atoms with Gasteiger partial charge in [-0.05, 0) is 54.9 Å². The van der Waals surface area contributed by atoms with Crippen LogP contribution in [-0.4, -0.2) is 21.7 Å². The minimum atomic E-state index is -0.952. The third-order valence-corrected chi connectivity index (χ3v) is 3.41. The van der Waals surface area contributed by atoms with Crippen LogP contribution in [0.4, 0.5) is 10.5 Å². The van der Waals surface area contributed by atoms with Gasteiger partial charge in [0.2, 0.25) is 0 Å². The van der Waals surface area contributed by atoms with Gasteiger partial charge in [-0.2, -0.15) is 0 Å². The lowest BCUT2D eigenvalue weighted by atomic mass is 10.0. The van der Waals surface area contributed by atoms with Crippen LogP contribution in [0.25, 0.3) is 10.9 Å². The van der Waals surface area contributed by atoms with Gasteiger partial charge < -0.3 is 10.1 Å². The number of rotatable bonds is 1. The van der Waals surface area contributed by atoms with Gasteiger partial charge >= 0.3 is 6.09 Å². The summed E-state index contributed by atoms with van der Waals surface area (Å²) in [5, 5.41) is 10.3. The topological polar surface area (TPSA) is 56.3 Å². The number of aromatic nitrogens is 1. The standard InChI is InChI=1S/C13H15BrN2O2/c1-13(2,3)16(12(17)18)10-5-4-9(14)11-8(10)6-7-15-11/h4-7,15H,1-3H3,(H,17,18). The number of anilines is 1. The average molecular weight is 311 g/mol. The Balaban J connectivity index is 2.69. The Morgan fingerprint density at radius 2 is 2.00 bits per heavy atom. The highest BCUT2D eigenvalue weighted by Crippen LogP contribution is 2.34. The van der Waals surface area contributed by atoms with Crippen molar-refractivity contribution in [3.63, 3.8) is 0 Å². The van der Waals surface area contributed by atoms with E-state index in [1.165, 1.54) is 4.90 Å². The summed E-state index contributed by atoms with van der Waals surface area (Å²) in [5.41, 5.74) is 1.10. The number of nitrogens with one attached hydrogen (secondary N) is 1. The third-order valence-electron chi connectivity index (χ3n) is 2.75. The fraction of sp³-hybridized carbons (Fsp3) is 0.308. The van der Waals surface area contributed by atoms with Crippen LogP contribution in [0.2, 0.25) is 0 Å². The summed E-state index contributed by atoms with van der Waals surface area (Å²) in [6, 6.07) is 5.56. The van der Waals surface area contributed by atoms with Crippen LogP contribution >= 0.6 is 15.9 Å². The Bertz CT molecular complexity index is 599. The van der Waals surface area contributed by atoms with Crippen molar-refractivity contribution in [1.82, 2.24) is 4.98 Å². The van der Waals surface area contributed by atoms with Crippen LogP contribution in [0.1, 0.15) is 20.8 Å². The molecule has 0 unspecified atom stereocenters. The van der Waals surface area contributed by atoms with Gasteiger partial charge in [0.05, 0.1) is 11.2 Å². The van der Waals surface area contributed by atoms with Gasteiger partial charge in [-0.15, -0.1) is 0 Å². The second-order valence-electron chi connectivity index (χ2n) is 5.12. The maximum atomic E-state index is 11.5. The van der Waals surface area contributed by atoms with E-state index in [1.807, 2.05) is 45.2 Å². The molecule has 0 aliphatic rings. The zero-order valence-corrected chi connectivity index (χ0v) is 12.1. The molecule has 0 aliphatic heterocycles. The fourth-order valence-corrected chi connectivity index (χ4v) is 2.51. The molecule has 0 radical (unpaired) electrons. The van der Waals surface area contributed by atoms with E-state index >= 15 is 0 Å². The molecule has 18 heavy (non-hydrogen) atoms. The van der Waals surface area contributed by atoms with E-state index in [0.29, 0.717) is 5.69 Å². The predicted octanol–water partition coefficient (Wildman–Crippen LogP) is 4.21. The highest BCUT2D eigenvalue weighted by molar-refractivity contribution is 9.10. The molecule has 1 heterocycles. The number of H-pyrrole nitrogens is 1. The first kappa shape index (κ1) is 13.0. The first-order valence-electron chi connectivity index (χ1n) is 5.61. The zero-order chi connectivity index (χ0) is 13.5. The van der Waals surface area contributed by atoms with E-state index < -0.39 is 11.6 Å². The van der Waals surface area contributed by atoms with Crippen LogP contribution < -0.4 is 4.90 Å². The summed E-state index contributed by atoms with van der Waals surface area (Å²) < 4.78 is 0.922. The molecule has 0 fully saturated rings. The molecule has 2 rings (SSSR count). The number of hydrogen-bond acceptors (Lipinski definition) is 1. The number of fused-ring (bicyclic) bond motifs is 1. The number of carbonyl (C=O) groups is 1. The van der Waals surface area contributed by atoms with Gasteiger partial charge in [0.15, 0.2) is 0 Å². The summed E-state index contributed by atoms with van der Waals surface area (Å²) in [5.74, 6) is 0. The van der Waals surface area contributed by atoms with Gasteiger partial charge in [-0.25, -0.2) is 4.79 Å². The van der Waals surface area contributed by atoms with Gasteiger partial charge in [0.1, 0.15) is 0 Å². The van der Waals surface area contributed by atoms with Gasteiger partial charge in [-0.1, -0.05) is 0 Å². The Kier molecular flexibility index (Phi) is 3.11. The van der Waals surface area contributed by atoms with Crippen molar-refractivity contribution >= 4 is 38.6 Å². The summed E-state index contributed by atoms with van der Waals surface area (Å²) in [6.45, 7) is 5.63. The molecular weight excluding hydrogens is 296 g/mol. The fourth-order valence-electron chi connectivity index (χ4n) is 2.05. The smallest absolute Gasteiger partial charge is 0.412 e. The summed E-state index contributed by atoms with van der Waals surface area (Å²) >= 11 is 3.45. The number of benzene rings is 1. The Morgan fingerprint density at radius 3 is 2.56 bits per heavy atom. The second kappa shape index (κ2) is 4.31. The molecule has 0 aliphatic carbocycles. The Morgan fingerprint density at radius 1 is 1.33 bits per heavy atom. The van der Waals surface area contributed by atoms with Crippen LogP contribution in [0.3, 0.4) is 0 Å².